The Labute approximate surface area is 179 Å². The van der Waals surface area contributed by atoms with Gasteiger partial charge in [0.1, 0.15) is 12.4 Å². The van der Waals surface area contributed by atoms with E-state index in [0.29, 0.717) is 50.2 Å². The number of likely N-dealkylation sites (tertiary alicyclic amines) is 1. The maximum Gasteiger partial charge on any atom is 0.228 e. The van der Waals surface area contributed by atoms with Gasteiger partial charge in [-0.25, -0.2) is 4.39 Å². The number of rotatable bonds is 6. The SMILES string of the molecule is CC/C(=C\F)COc1ccc(C23CCC(C(=O)N4CCC(O)CC4)(CC2)CC3)cc1. The first-order chi connectivity index (χ1) is 14.5. The molecule has 0 unspecified atom stereocenters. The number of fused-ring (bicyclic) bond motifs is 3. The van der Waals surface area contributed by atoms with Crippen molar-refractivity contribution >= 4 is 5.91 Å². The highest BCUT2D eigenvalue weighted by Crippen LogP contribution is 2.58. The number of piperidine rings is 1. The van der Waals surface area contributed by atoms with Crippen LogP contribution in [0, 0.1) is 5.41 Å². The van der Waals surface area contributed by atoms with Gasteiger partial charge in [0.25, 0.3) is 0 Å². The van der Waals surface area contributed by atoms with Gasteiger partial charge in [0.05, 0.1) is 12.4 Å². The minimum absolute atomic E-state index is 0.173. The number of hydrogen-bond donors (Lipinski definition) is 1. The number of hydrogen-bond acceptors (Lipinski definition) is 3. The summed E-state index contributed by atoms with van der Waals surface area (Å²) in [6, 6.07) is 8.31. The fourth-order valence-electron chi connectivity index (χ4n) is 5.64. The van der Waals surface area contributed by atoms with Crippen LogP contribution in [0.2, 0.25) is 0 Å². The van der Waals surface area contributed by atoms with Crippen molar-refractivity contribution in [1.82, 2.24) is 4.90 Å². The molecule has 0 aromatic heterocycles. The zero-order chi connectivity index (χ0) is 21.2. The molecule has 1 amide bonds. The lowest BCUT2D eigenvalue weighted by Gasteiger charge is -2.54. The van der Waals surface area contributed by atoms with Gasteiger partial charge in [-0.1, -0.05) is 19.1 Å². The fraction of sp³-hybridized carbons (Fsp3) is 0.640. The first kappa shape index (κ1) is 21.4. The van der Waals surface area contributed by atoms with Crippen molar-refractivity contribution < 1.29 is 19.0 Å². The summed E-state index contributed by atoms with van der Waals surface area (Å²) in [6.07, 6.45) is 8.51. The molecule has 1 N–H and O–H groups in total. The van der Waals surface area contributed by atoms with Gasteiger partial charge in [-0.05, 0) is 86.5 Å². The van der Waals surface area contributed by atoms with Crippen LogP contribution in [0.5, 0.6) is 5.75 Å². The van der Waals surface area contributed by atoms with Gasteiger partial charge in [0.15, 0.2) is 0 Å². The molecule has 4 fully saturated rings. The van der Waals surface area contributed by atoms with Crippen LogP contribution in [0.3, 0.4) is 0 Å². The van der Waals surface area contributed by atoms with E-state index in [1.54, 1.807) is 0 Å². The summed E-state index contributed by atoms with van der Waals surface area (Å²) >= 11 is 0. The number of halogens is 1. The maximum absolute atomic E-state index is 13.3. The summed E-state index contributed by atoms with van der Waals surface area (Å²) in [5.74, 6) is 1.10. The summed E-state index contributed by atoms with van der Waals surface area (Å²) in [4.78, 5) is 15.3. The van der Waals surface area contributed by atoms with E-state index in [1.165, 1.54) is 5.56 Å². The molecule has 3 saturated carbocycles. The second-order valence-corrected chi connectivity index (χ2v) is 9.52. The highest BCUT2D eigenvalue weighted by molar-refractivity contribution is 5.83. The molecule has 3 aliphatic carbocycles. The predicted molar refractivity (Wildman–Crippen MR) is 115 cm³/mol. The summed E-state index contributed by atoms with van der Waals surface area (Å²) in [5.41, 5.74) is 1.99. The molecule has 4 aliphatic rings. The van der Waals surface area contributed by atoms with Gasteiger partial charge < -0.3 is 14.7 Å². The van der Waals surface area contributed by atoms with Crippen molar-refractivity contribution in [3.05, 3.63) is 41.7 Å². The van der Waals surface area contributed by atoms with Gasteiger partial charge in [-0.3, -0.25) is 4.79 Å². The van der Waals surface area contributed by atoms with E-state index < -0.39 is 0 Å². The molecule has 5 heteroatoms. The van der Waals surface area contributed by atoms with Crippen molar-refractivity contribution in [1.29, 1.82) is 0 Å². The molecule has 0 spiro atoms. The Morgan fingerprint density at radius 1 is 1.13 bits per heavy atom. The lowest BCUT2D eigenvalue weighted by molar-refractivity contribution is -0.151. The van der Waals surface area contributed by atoms with E-state index in [1.807, 2.05) is 24.0 Å². The zero-order valence-electron chi connectivity index (χ0n) is 18.0. The molecule has 1 heterocycles. The number of nitrogens with zero attached hydrogens (tertiary/aromatic N) is 1. The third-order valence-electron chi connectivity index (χ3n) is 7.95. The summed E-state index contributed by atoms with van der Waals surface area (Å²) < 4.78 is 18.4. The summed E-state index contributed by atoms with van der Waals surface area (Å²) in [7, 11) is 0. The molecule has 0 radical (unpaired) electrons. The third kappa shape index (κ3) is 4.01. The molecular formula is C25H34FNO3. The zero-order valence-corrected chi connectivity index (χ0v) is 18.0. The maximum atomic E-state index is 13.3. The van der Waals surface area contributed by atoms with Crippen LogP contribution in [-0.2, 0) is 10.2 Å². The molecule has 1 saturated heterocycles. The third-order valence-corrected chi connectivity index (χ3v) is 7.95. The van der Waals surface area contributed by atoms with Gasteiger partial charge in [0.2, 0.25) is 5.91 Å². The highest BCUT2D eigenvalue weighted by atomic mass is 19.1. The van der Waals surface area contributed by atoms with Crippen molar-refractivity contribution in [3.63, 3.8) is 0 Å². The number of benzene rings is 1. The molecule has 5 rings (SSSR count). The number of aliphatic hydroxyl groups is 1. The van der Waals surface area contributed by atoms with Crippen LogP contribution < -0.4 is 4.74 Å². The van der Waals surface area contributed by atoms with Crippen LogP contribution >= 0.6 is 0 Å². The summed E-state index contributed by atoms with van der Waals surface area (Å²) in [6.45, 7) is 3.61. The second-order valence-electron chi connectivity index (χ2n) is 9.52. The molecule has 2 bridgehead atoms. The number of carbonyl (C=O) groups is 1. The fourth-order valence-corrected chi connectivity index (χ4v) is 5.64. The highest BCUT2D eigenvalue weighted by Gasteiger charge is 2.54. The molecule has 0 atom stereocenters. The molecule has 164 valence electrons. The lowest BCUT2D eigenvalue weighted by Crippen LogP contribution is -2.54. The number of carbonyl (C=O) groups excluding carboxylic acids is 1. The normalized spacial score (nSPS) is 29.8. The number of ether oxygens (including phenoxy) is 1. The van der Waals surface area contributed by atoms with Crippen LogP contribution in [0.4, 0.5) is 4.39 Å². The smallest absolute Gasteiger partial charge is 0.228 e. The first-order valence-corrected chi connectivity index (χ1v) is 11.5. The Morgan fingerprint density at radius 3 is 2.27 bits per heavy atom. The molecule has 1 aromatic rings. The Balaban J connectivity index is 1.38. The van der Waals surface area contributed by atoms with Gasteiger partial charge in [-0.15, -0.1) is 0 Å². The Hall–Kier alpha value is -1.88. The van der Waals surface area contributed by atoms with Gasteiger partial charge in [-0.2, -0.15) is 0 Å². The van der Waals surface area contributed by atoms with Crippen molar-refractivity contribution in [2.75, 3.05) is 19.7 Å². The Kier molecular flexibility index (Phi) is 6.19. The van der Waals surface area contributed by atoms with E-state index in [0.717, 1.165) is 44.3 Å². The first-order valence-electron chi connectivity index (χ1n) is 11.5. The standard InChI is InChI=1S/C25H34FNO3/c1-2-19(17-26)18-30-22-5-3-20(4-6-22)24-9-12-25(13-10-24,14-11-24)23(29)27-15-7-21(28)8-16-27/h3-6,17,21,28H,2,7-16,18H2,1H3/b19-17+. The molecule has 1 aromatic carbocycles. The van der Waals surface area contributed by atoms with Crippen LogP contribution in [0.15, 0.2) is 36.2 Å². The largest absolute Gasteiger partial charge is 0.489 e. The van der Waals surface area contributed by atoms with E-state index in [4.69, 9.17) is 4.74 Å². The van der Waals surface area contributed by atoms with Gasteiger partial charge in [0, 0.05) is 18.5 Å². The Morgan fingerprint density at radius 2 is 1.73 bits per heavy atom. The van der Waals surface area contributed by atoms with Crippen LogP contribution in [-0.4, -0.2) is 41.7 Å². The number of amides is 1. The molecule has 4 nitrogen and oxygen atoms in total. The van der Waals surface area contributed by atoms with Crippen molar-refractivity contribution in [3.8, 4) is 5.75 Å². The molecule has 1 aliphatic heterocycles. The van der Waals surface area contributed by atoms with Crippen LogP contribution in [0.1, 0.15) is 70.3 Å². The minimum atomic E-state index is -0.245. The van der Waals surface area contributed by atoms with Crippen molar-refractivity contribution in [2.45, 2.75) is 76.2 Å². The minimum Gasteiger partial charge on any atom is -0.489 e. The monoisotopic (exact) mass is 415 g/mol. The second kappa shape index (κ2) is 8.70. The van der Waals surface area contributed by atoms with Crippen molar-refractivity contribution in [2.24, 2.45) is 5.41 Å². The van der Waals surface area contributed by atoms with Crippen LogP contribution in [0.25, 0.3) is 0 Å². The summed E-state index contributed by atoms with van der Waals surface area (Å²) in [5, 5.41) is 9.75. The predicted octanol–water partition coefficient (Wildman–Crippen LogP) is 4.90. The van der Waals surface area contributed by atoms with E-state index in [2.05, 4.69) is 12.1 Å². The van der Waals surface area contributed by atoms with Gasteiger partial charge >= 0.3 is 0 Å². The molecular weight excluding hydrogens is 381 g/mol. The van der Waals surface area contributed by atoms with E-state index in [-0.39, 0.29) is 23.5 Å². The Bertz CT molecular complexity index is 756. The molecule has 30 heavy (non-hydrogen) atoms. The average molecular weight is 416 g/mol. The van der Waals surface area contributed by atoms with E-state index >= 15 is 0 Å². The quantitative estimate of drug-likeness (QED) is 0.719. The topological polar surface area (TPSA) is 49.8 Å². The average Bonchev–Trinajstić information content (AvgIpc) is 2.81. The van der Waals surface area contributed by atoms with E-state index in [9.17, 15) is 14.3 Å². The lowest BCUT2D eigenvalue weighted by atomic mass is 9.51. The number of aliphatic hydroxyl groups excluding tert-OH is 1.